The number of hydrogen-bond donors (Lipinski definition) is 1. The summed E-state index contributed by atoms with van der Waals surface area (Å²) in [5.41, 5.74) is 0.0263. The van der Waals surface area contributed by atoms with Gasteiger partial charge in [0, 0.05) is 19.2 Å². The van der Waals surface area contributed by atoms with Crippen molar-refractivity contribution in [3.63, 3.8) is 0 Å². The van der Waals surface area contributed by atoms with Gasteiger partial charge in [0.2, 0.25) is 0 Å². The monoisotopic (exact) mass is 318 g/mol. The van der Waals surface area contributed by atoms with Crippen molar-refractivity contribution in [2.24, 2.45) is 0 Å². The second kappa shape index (κ2) is 6.29. The number of hydrogen-bond acceptors (Lipinski definition) is 6. The molecule has 0 aliphatic carbocycles. The van der Waals surface area contributed by atoms with Crippen LogP contribution < -0.4 is 5.56 Å². The number of nitrogens with one attached hydrogen (secondary N) is 1. The lowest BCUT2D eigenvalue weighted by Crippen LogP contribution is -2.43. The molecule has 1 fully saturated rings. The number of aryl methyl sites for hydroxylation is 2. The fourth-order valence-corrected chi connectivity index (χ4v) is 2.45. The molecule has 1 aliphatic heterocycles. The second-order valence-corrected chi connectivity index (χ2v) is 5.26. The zero-order valence-corrected chi connectivity index (χ0v) is 13.0. The highest BCUT2D eigenvalue weighted by Crippen LogP contribution is 2.20. The number of amides is 1. The van der Waals surface area contributed by atoms with Crippen LogP contribution in [0.25, 0.3) is 0 Å². The van der Waals surface area contributed by atoms with Crippen molar-refractivity contribution >= 4 is 5.91 Å². The van der Waals surface area contributed by atoms with Crippen LogP contribution in [0.2, 0.25) is 0 Å². The molecular weight excluding hydrogens is 300 g/mol. The third-order valence-corrected chi connectivity index (χ3v) is 3.64. The van der Waals surface area contributed by atoms with E-state index in [1.54, 1.807) is 18.7 Å². The predicted molar refractivity (Wildman–Crippen MR) is 79.9 cm³/mol. The summed E-state index contributed by atoms with van der Waals surface area (Å²) in [6.07, 6.45) is -0.366. The smallest absolute Gasteiger partial charge is 0.274 e. The number of morpholine rings is 1. The number of rotatable bonds is 3. The predicted octanol–water partition coefficient (Wildman–Crippen LogP) is -0.0966. The zero-order chi connectivity index (χ0) is 16.4. The molecule has 0 aromatic carbocycles. The lowest BCUT2D eigenvalue weighted by molar-refractivity contribution is -0.0269. The quantitative estimate of drug-likeness (QED) is 0.847. The van der Waals surface area contributed by atoms with E-state index in [-0.39, 0.29) is 23.3 Å². The second-order valence-electron chi connectivity index (χ2n) is 5.26. The molecule has 0 saturated carbocycles. The number of ether oxygens (including phenoxy) is 1. The number of aromatic amines is 1. The molecule has 3 rings (SSSR count). The van der Waals surface area contributed by atoms with Gasteiger partial charge in [-0.2, -0.15) is 10.2 Å². The normalized spacial score (nSPS) is 18.2. The summed E-state index contributed by atoms with van der Waals surface area (Å²) < 4.78 is 6.91. The Kier molecular flexibility index (Phi) is 4.20. The minimum absolute atomic E-state index is 0.222. The van der Waals surface area contributed by atoms with Gasteiger partial charge < -0.3 is 9.64 Å². The summed E-state index contributed by atoms with van der Waals surface area (Å²) >= 11 is 0. The van der Waals surface area contributed by atoms with Crippen molar-refractivity contribution in [3.05, 3.63) is 39.8 Å². The largest absolute Gasteiger partial charge is 0.366 e. The van der Waals surface area contributed by atoms with Gasteiger partial charge in [-0.05, 0) is 19.9 Å². The van der Waals surface area contributed by atoms with Crippen LogP contribution >= 0.6 is 0 Å². The van der Waals surface area contributed by atoms with Crippen LogP contribution in [0, 0.1) is 6.92 Å². The summed E-state index contributed by atoms with van der Waals surface area (Å²) in [5.74, 6) is 1.00. The van der Waals surface area contributed by atoms with E-state index in [0.717, 1.165) is 0 Å². The first kappa shape index (κ1) is 15.3. The molecule has 2 aromatic rings. The van der Waals surface area contributed by atoms with Gasteiger partial charge in [-0.25, -0.2) is 9.67 Å². The van der Waals surface area contributed by atoms with Crippen molar-refractivity contribution in [1.29, 1.82) is 0 Å². The molecule has 1 N–H and O–H groups in total. The maximum absolute atomic E-state index is 12.6. The Bertz CT molecular complexity index is 768. The van der Waals surface area contributed by atoms with Gasteiger partial charge in [0.25, 0.3) is 11.5 Å². The molecule has 0 spiro atoms. The van der Waals surface area contributed by atoms with Crippen molar-refractivity contribution in [1.82, 2.24) is 29.9 Å². The third kappa shape index (κ3) is 3.14. The van der Waals surface area contributed by atoms with E-state index in [2.05, 4.69) is 20.3 Å². The van der Waals surface area contributed by atoms with E-state index in [1.807, 2.05) is 0 Å². The Morgan fingerprint density at radius 2 is 2.30 bits per heavy atom. The highest BCUT2D eigenvalue weighted by atomic mass is 16.5. The van der Waals surface area contributed by atoms with Crippen LogP contribution in [0.1, 0.15) is 35.2 Å². The van der Waals surface area contributed by atoms with Gasteiger partial charge in [-0.1, -0.05) is 0 Å². The molecule has 1 unspecified atom stereocenters. The van der Waals surface area contributed by atoms with Gasteiger partial charge in [0.05, 0.1) is 13.2 Å². The number of carbonyl (C=O) groups excluding carboxylic acids is 1. The molecule has 0 bridgehead atoms. The summed E-state index contributed by atoms with van der Waals surface area (Å²) in [5, 5.41) is 11.0. The Labute approximate surface area is 132 Å². The summed E-state index contributed by atoms with van der Waals surface area (Å²) in [4.78, 5) is 30.1. The first-order valence-electron chi connectivity index (χ1n) is 7.46. The van der Waals surface area contributed by atoms with Crippen LogP contribution in [0.3, 0.4) is 0 Å². The fraction of sp³-hybridized carbons (Fsp3) is 0.500. The van der Waals surface area contributed by atoms with Crippen LogP contribution in [0.4, 0.5) is 0 Å². The average Bonchev–Trinajstić information content (AvgIpc) is 3.01. The number of H-pyrrole nitrogens is 1. The number of aromatic nitrogens is 5. The van der Waals surface area contributed by atoms with Crippen LogP contribution in [-0.2, 0) is 11.3 Å². The van der Waals surface area contributed by atoms with Gasteiger partial charge in [-0.3, -0.25) is 14.7 Å². The Balaban J connectivity index is 1.78. The van der Waals surface area contributed by atoms with Crippen molar-refractivity contribution < 1.29 is 9.53 Å². The topological polar surface area (TPSA) is 106 Å². The number of nitrogens with zero attached hydrogens (tertiary/aromatic N) is 5. The van der Waals surface area contributed by atoms with E-state index in [0.29, 0.717) is 37.9 Å². The van der Waals surface area contributed by atoms with Crippen LogP contribution in [0.5, 0.6) is 0 Å². The van der Waals surface area contributed by atoms with Crippen molar-refractivity contribution in [3.8, 4) is 0 Å². The fourth-order valence-electron chi connectivity index (χ4n) is 2.45. The number of carbonyl (C=O) groups is 1. The molecule has 1 atom stereocenters. The summed E-state index contributed by atoms with van der Waals surface area (Å²) in [6, 6.07) is 2.82. The zero-order valence-electron chi connectivity index (χ0n) is 13.0. The molecule has 1 amide bonds. The van der Waals surface area contributed by atoms with Crippen molar-refractivity contribution in [2.75, 3.05) is 19.7 Å². The molecule has 2 aromatic heterocycles. The minimum Gasteiger partial charge on any atom is -0.366 e. The van der Waals surface area contributed by atoms with Crippen molar-refractivity contribution in [2.45, 2.75) is 26.5 Å². The SMILES string of the molecule is CCn1nc(C(=O)N2CCOC(c3n[nH]c(C)n3)C2)ccc1=O. The molecule has 23 heavy (non-hydrogen) atoms. The lowest BCUT2D eigenvalue weighted by atomic mass is 10.2. The molecule has 1 aliphatic rings. The van der Waals surface area contributed by atoms with Gasteiger partial charge in [0.1, 0.15) is 17.6 Å². The maximum atomic E-state index is 12.6. The molecule has 122 valence electrons. The Morgan fingerprint density at radius 3 is 3.00 bits per heavy atom. The summed E-state index contributed by atoms with van der Waals surface area (Å²) in [7, 11) is 0. The highest BCUT2D eigenvalue weighted by molar-refractivity contribution is 5.92. The maximum Gasteiger partial charge on any atom is 0.274 e. The average molecular weight is 318 g/mol. The van der Waals surface area contributed by atoms with E-state index in [4.69, 9.17) is 4.74 Å². The van der Waals surface area contributed by atoms with Crippen LogP contribution in [0.15, 0.2) is 16.9 Å². The first-order chi connectivity index (χ1) is 11.1. The van der Waals surface area contributed by atoms with E-state index in [9.17, 15) is 9.59 Å². The molecule has 1 saturated heterocycles. The third-order valence-electron chi connectivity index (χ3n) is 3.64. The summed E-state index contributed by atoms with van der Waals surface area (Å²) in [6.45, 7) is 5.24. The minimum atomic E-state index is -0.366. The molecule has 9 nitrogen and oxygen atoms in total. The standard InChI is InChI=1S/C14H18N6O3/c1-3-20-12(21)5-4-10(18-20)14(22)19-6-7-23-11(8-19)13-15-9(2)16-17-13/h4-5,11H,3,6-8H2,1-2H3,(H,15,16,17). The van der Waals surface area contributed by atoms with Crippen LogP contribution in [-0.4, -0.2) is 55.5 Å². The lowest BCUT2D eigenvalue weighted by Gasteiger charge is -2.31. The molecular formula is C14H18N6O3. The first-order valence-corrected chi connectivity index (χ1v) is 7.46. The highest BCUT2D eigenvalue weighted by Gasteiger charge is 2.29. The van der Waals surface area contributed by atoms with E-state index >= 15 is 0 Å². The Morgan fingerprint density at radius 1 is 1.48 bits per heavy atom. The Hall–Kier alpha value is -2.55. The van der Waals surface area contributed by atoms with Gasteiger partial charge in [0.15, 0.2) is 5.82 Å². The van der Waals surface area contributed by atoms with Gasteiger partial charge >= 0.3 is 0 Å². The van der Waals surface area contributed by atoms with Gasteiger partial charge in [-0.15, -0.1) is 0 Å². The molecule has 0 radical (unpaired) electrons. The van der Waals surface area contributed by atoms with E-state index < -0.39 is 0 Å². The van der Waals surface area contributed by atoms with E-state index in [1.165, 1.54) is 16.8 Å². The molecule has 3 heterocycles. The molecule has 9 heteroatoms.